The molecule has 1 aromatic carbocycles. The van der Waals surface area contributed by atoms with Crippen molar-refractivity contribution in [2.45, 2.75) is 38.6 Å². The van der Waals surface area contributed by atoms with E-state index in [-0.39, 0.29) is 42.5 Å². The number of hydrogen-bond acceptors (Lipinski definition) is 4. The van der Waals surface area contributed by atoms with E-state index in [9.17, 15) is 4.79 Å². The summed E-state index contributed by atoms with van der Waals surface area (Å²) in [6.07, 6.45) is 6.37. The van der Waals surface area contributed by atoms with E-state index in [4.69, 9.17) is 4.42 Å². The van der Waals surface area contributed by atoms with E-state index in [0.29, 0.717) is 12.5 Å². The van der Waals surface area contributed by atoms with Crippen molar-refractivity contribution in [1.29, 1.82) is 0 Å². The molecule has 3 heterocycles. The van der Waals surface area contributed by atoms with E-state index in [2.05, 4.69) is 26.6 Å². The van der Waals surface area contributed by atoms with Gasteiger partial charge in [-0.3, -0.25) is 9.69 Å². The third kappa shape index (κ3) is 6.04. The second-order valence-corrected chi connectivity index (χ2v) is 8.13. The second kappa shape index (κ2) is 12.2. The van der Waals surface area contributed by atoms with Crippen LogP contribution < -0.4 is 15.5 Å². The van der Waals surface area contributed by atoms with Crippen molar-refractivity contribution in [3.8, 4) is 0 Å². The van der Waals surface area contributed by atoms with Gasteiger partial charge in [0.05, 0.1) is 12.3 Å². The van der Waals surface area contributed by atoms with Gasteiger partial charge in [-0.25, -0.2) is 4.99 Å². The number of fused-ring (bicyclic) bond motifs is 1. The zero-order chi connectivity index (χ0) is 21.5. The number of likely N-dealkylation sites (tertiary alicyclic amines) is 1. The monoisotopic (exact) mass is 551 g/mol. The predicted molar refractivity (Wildman–Crippen MR) is 139 cm³/mol. The highest BCUT2D eigenvalue weighted by Crippen LogP contribution is 2.27. The Bertz CT molecular complexity index is 880. The molecule has 1 aromatic heterocycles. The zero-order valence-corrected chi connectivity index (χ0v) is 21.1. The first-order valence-electron chi connectivity index (χ1n) is 11.4. The minimum absolute atomic E-state index is 0. The number of furan rings is 1. The van der Waals surface area contributed by atoms with Gasteiger partial charge in [-0.1, -0.05) is 24.6 Å². The Balaban J connectivity index is 0.00000289. The minimum Gasteiger partial charge on any atom is -0.468 e. The highest BCUT2D eigenvalue weighted by molar-refractivity contribution is 14.0. The maximum absolute atomic E-state index is 12.8. The van der Waals surface area contributed by atoms with Gasteiger partial charge in [0.25, 0.3) is 0 Å². The average Bonchev–Trinajstić information content (AvgIpc) is 3.48. The number of halogens is 1. The lowest BCUT2D eigenvalue weighted by Crippen LogP contribution is -2.45. The molecule has 4 rings (SSSR count). The predicted octanol–water partition coefficient (Wildman–Crippen LogP) is 3.57. The van der Waals surface area contributed by atoms with Gasteiger partial charge in [0.2, 0.25) is 5.91 Å². The van der Waals surface area contributed by atoms with Crippen molar-refractivity contribution >= 4 is 41.5 Å². The summed E-state index contributed by atoms with van der Waals surface area (Å²) in [6.45, 7) is 6.46. The zero-order valence-electron chi connectivity index (χ0n) is 18.8. The molecule has 1 saturated heterocycles. The lowest BCUT2D eigenvalue weighted by atomic mass is 10.1. The Morgan fingerprint density at radius 3 is 2.66 bits per heavy atom. The van der Waals surface area contributed by atoms with E-state index < -0.39 is 0 Å². The van der Waals surface area contributed by atoms with Gasteiger partial charge in [0.15, 0.2) is 5.96 Å². The molecule has 2 aromatic rings. The summed E-state index contributed by atoms with van der Waals surface area (Å²) in [5.74, 6) is 1.66. The molecule has 2 aliphatic rings. The molecule has 0 spiro atoms. The molecule has 2 N–H and O–H groups in total. The van der Waals surface area contributed by atoms with Gasteiger partial charge >= 0.3 is 0 Å². The molecule has 2 aliphatic heterocycles. The number of rotatable bonds is 7. The number of para-hydroxylation sites is 1. The number of guanidine groups is 1. The number of aliphatic imine (C=N–C) groups is 1. The number of anilines is 1. The first-order valence-corrected chi connectivity index (χ1v) is 11.4. The number of hydrogen-bond donors (Lipinski definition) is 2. The van der Waals surface area contributed by atoms with Crippen LogP contribution in [-0.4, -0.2) is 56.0 Å². The van der Waals surface area contributed by atoms with Crippen molar-refractivity contribution in [2.24, 2.45) is 4.99 Å². The van der Waals surface area contributed by atoms with E-state index in [1.807, 2.05) is 42.2 Å². The molecule has 0 radical (unpaired) electrons. The van der Waals surface area contributed by atoms with Crippen LogP contribution in [0.15, 0.2) is 52.1 Å². The standard InChI is InChI=1S/C24H33N5O2.HI/c1-2-25-24(27-18-23(30)29-15-12-19-9-4-5-10-20(19)29)26-17-21(22-11-8-16-31-22)28-13-6-3-7-14-28;/h4-5,8-11,16,21H,2-3,6-7,12-15,17-18H2,1H3,(H2,25,26,27);1H. The quantitative estimate of drug-likeness (QED) is 0.313. The molecule has 1 fully saturated rings. The topological polar surface area (TPSA) is 73.1 Å². The van der Waals surface area contributed by atoms with Gasteiger partial charge in [-0.2, -0.15) is 0 Å². The van der Waals surface area contributed by atoms with Crippen molar-refractivity contribution in [2.75, 3.05) is 44.2 Å². The summed E-state index contributed by atoms with van der Waals surface area (Å²) in [5, 5.41) is 6.71. The Morgan fingerprint density at radius 1 is 1.09 bits per heavy atom. The van der Waals surface area contributed by atoms with Crippen LogP contribution in [0.4, 0.5) is 5.69 Å². The van der Waals surface area contributed by atoms with Gasteiger partial charge in [0, 0.05) is 25.3 Å². The van der Waals surface area contributed by atoms with Gasteiger partial charge < -0.3 is 20.0 Å². The fraction of sp³-hybridized carbons (Fsp3) is 0.500. The van der Waals surface area contributed by atoms with Crippen LogP contribution in [0.2, 0.25) is 0 Å². The fourth-order valence-corrected chi connectivity index (χ4v) is 4.48. The summed E-state index contributed by atoms with van der Waals surface area (Å²) >= 11 is 0. The lowest BCUT2D eigenvalue weighted by molar-refractivity contribution is -0.117. The summed E-state index contributed by atoms with van der Waals surface area (Å²) in [4.78, 5) is 21.7. The van der Waals surface area contributed by atoms with Gasteiger partial charge in [-0.05, 0) is 63.0 Å². The summed E-state index contributed by atoms with van der Waals surface area (Å²) < 4.78 is 5.74. The van der Waals surface area contributed by atoms with Crippen molar-refractivity contribution < 1.29 is 9.21 Å². The lowest BCUT2D eigenvalue weighted by Gasteiger charge is -2.33. The number of amides is 1. The van der Waals surface area contributed by atoms with Crippen LogP contribution >= 0.6 is 24.0 Å². The molecular weight excluding hydrogens is 517 g/mol. The molecule has 0 bridgehead atoms. The number of nitrogens with zero attached hydrogens (tertiary/aromatic N) is 3. The van der Waals surface area contributed by atoms with Crippen LogP contribution in [0.25, 0.3) is 0 Å². The number of piperidine rings is 1. The summed E-state index contributed by atoms with van der Waals surface area (Å²) in [7, 11) is 0. The van der Waals surface area contributed by atoms with E-state index in [0.717, 1.165) is 44.0 Å². The Morgan fingerprint density at radius 2 is 1.91 bits per heavy atom. The third-order valence-corrected chi connectivity index (χ3v) is 6.07. The van der Waals surface area contributed by atoms with Crippen LogP contribution in [0.5, 0.6) is 0 Å². The van der Waals surface area contributed by atoms with E-state index in [1.54, 1.807) is 6.26 Å². The minimum atomic E-state index is 0. The van der Waals surface area contributed by atoms with Crippen LogP contribution in [0.1, 0.15) is 43.6 Å². The third-order valence-electron chi connectivity index (χ3n) is 6.07. The normalized spacial score (nSPS) is 17.4. The molecule has 32 heavy (non-hydrogen) atoms. The fourth-order valence-electron chi connectivity index (χ4n) is 4.48. The molecule has 1 amide bonds. The molecular formula is C24H34IN5O2. The molecule has 0 aliphatic carbocycles. The molecule has 1 unspecified atom stereocenters. The number of carbonyl (C=O) groups excluding carboxylic acids is 1. The summed E-state index contributed by atoms with van der Waals surface area (Å²) in [6, 6.07) is 12.2. The molecule has 8 heteroatoms. The number of carbonyl (C=O) groups is 1. The van der Waals surface area contributed by atoms with Crippen LogP contribution in [-0.2, 0) is 11.2 Å². The molecule has 0 saturated carbocycles. The highest BCUT2D eigenvalue weighted by Gasteiger charge is 2.26. The average molecular weight is 551 g/mol. The molecule has 7 nitrogen and oxygen atoms in total. The SMILES string of the molecule is CCNC(=NCC(=O)N1CCc2ccccc21)NCC(c1ccco1)N1CCCCC1.I. The number of nitrogens with one attached hydrogen (secondary N) is 2. The summed E-state index contributed by atoms with van der Waals surface area (Å²) in [5.41, 5.74) is 2.25. The molecule has 174 valence electrons. The van der Waals surface area contributed by atoms with Gasteiger partial charge in [-0.15, -0.1) is 24.0 Å². The number of benzene rings is 1. The van der Waals surface area contributed by atoms with E-state index >= 15 is 0 Å². The maximum atomic E-state index is 12.8. The molecule has 1 atom stereocenters. The maximum Gasteiger partial charge on any atom is 0.248 e. The van der Waals surface area contributed by atoms with E-state index in [1.165, 1.54) is 24.8 Å². The highest BCUT2D eigenvalue weighted by atomic mass is 127. The Labute approximate surface area is 207 Å². The van der Waals surface area contributed by atoms with Gasteiger partial charge in [0.1, 0.15) is 12.3 Å². The van der Waals surface area contributed by atoms with Crippen LogP contribution in [0, 0.1) is 0 Å². The van der Waals surface area contributed by atoms with Crippen molar-refractivity contribution in [3.05, 3.63) is 54.0 Å². The first-order chi connectivity index (χ1) is 15.3. The first kappa shape index (κ1) is 24.6. The second-order valence-electron chi connectivity index (χ2n) is 8.13. The van der Waals surface area contributed by atoms with Crippen molar-refractivity contribution in [3.63, 3.8) is 0 Å². The van der Waals surface area contributed by atoms with Crippen molar-refractivity contribution in [1.82, 2.24) is 15.5 Å². The Hall–Kier alpha value is -2.07. The largest absolute Gasteiger partial charge is 0.468 e. The smallest absolute Gasteiger partial charge is 0.248 e. The van der Waals surface area contributed by atoms with Crippen LogP contribution in [0.3, 0.4) is 0 Å². The Kier molecular flexibility index (Phi) is 9.40.